The van der Waals surface area contributed by atoms with E-state index in [-0.39, 0.29) is 6.10 Å². The smallest absolute Gasteiger partial charge is 0.143 e. The summed E-state index contributed by atoms with van der Waals surface area (Å²) in [6, 6.07) is 11.9. The number of hydrogen-bond acceptors (Lipinski definition) is 3. The molecule has 4 rings (SSSR count). The summed E-state index contributed by atoms with van der Waals surface area (Å²) in [6.07, 6.45) is 0.640. The van der Waals surface area contributed by atoms with Crippen molar-refractivity contribution in [3.8, 4) is 0 Å². The van der Waals surface area contributed by atoms with Crippen LogP contribution in [0.15, 0.2) is 36.4 Å². The summed E-state index contributed by atoms with van der Waals surface area (Å²) in [5, 5.41) is 1.23. The predicted octanol–water partition coefficient (Wildman–Crippen LogP) is 5.70. The third kappa shape index (κ3) is 3.31. The summed E-state index contributed by atoms with van der Waals surface area (Å²) in [4.78, 5) is 7.33. The highest BCUT2D eigenvalue weighted by Gasteiger charge is 2.28. The zero-order chi connectivity index (χ0) is 19.0. The molecule has 1 aliphatic rings. The Labute approximate surface area is 169 Å². The van der Waals surface area contributed by atoms with E-state index in [1.54, 1.807) is 6.07 Å². The van der Waals surface area contributed by atoms with Gasteiger partial charge in [-0.3, -0.25) is 0 Å². The Balaban J connectivity index is 1.92. The van der Waals surface area contributed by atoms with E-state index in [0.717, 1.165) is 43.0 Å². The second kappa shape index (κ2) is 7.70. The number of halogens is 2. The molecule has 27 heavy (non-hydrogen) atoms. The second-order valence-electron chi connectivity index (χ2n) is 6.71. The van der Waals surface area contributed by atoms with E-state index in [9.17, 15) is 0 Å². The van der Waals surface area contributed by atoms with Gasteiger partial charge in [0.2, 0.25) is 0 Å². The van der Waals surface area contributed by atoms with Crippen molar-refractivity contribution in [2.24, 2.45) is 0 Å². The maximum atomic E-state index is 6.50. The van der Waals surface area contributed by atoms with Gasteiger partial charge in [0.15, 0.2) is 0 Å². The zero-order valence-electron chi connectivity index (χ0n) is 15.6. The molecule has 0 fully saturated rings. The SMILES string of the molecule is CCN(CC)c1cccc2nc3n(c12)CCCOC3c1ccc(Cl)cc1Cl. The van der Waals surface area contributed by atoms with Crippen LogP contribution in [-0.2, 0) is 11.3 Å². The Kier molecular flexibility index (Phi) is 5.31. The van der Waals surface area contributed by atoms with Gasteiger partial charge < -0.3 is 14.2 Å². The van der Waals surface area contributed by atoms with Crippen molar-refractivity contribution in [3.63, 3.8) is 0 Å². The fourth-order valence-corrected chi connectivity index (χ4v) is 4.38. The molecule has 3 aromatic rings. The molecular weight excluding hydrogens is 381 g/mol. The van der Waals surface area contributed by atoms with E-state index in [4.69, 9.17) is 32.9 Å². The molecule has 1 atom stereocenters. The number of nitrogens with zero attached hydrogens (tertiary/aromatic N) is 3. The lowest BCUT2D eigenvalue weighted by Crippen LogP contribution is -2.22. The van der Waals surface area contributed by atoms with E-state index in [2.05, 4.69) is 41.5 Å². The van der Waals surface area contributed by atoms with Gasteiger partial charge in [0.1, 0.15) is 11.9 Å². The predicted molar refractivity (Wildman–Crippen MR) is 112 cm³/mol. The second-order valence-corrected chi connectivity index (χ2v) is 7.55. The third-order valence-corrected chi connectivity index (χ3v) is 5.73. The molecule has 0 amide bonds. The topological polar surface area (TPSA) is 30.3 Å². The lowest BCUT2D eigenvalue weighted by atomic mass is 10.1. The molecule has 1 unspecified atom stereocenters. The number of hydrogen-bond donors (Lipinski definition) is 0. The van der Waals surface area contributed by atoms with Gasteiger partial charge in [-0.2, -0.15) is 0 Å². The Morgan fingerprint density at radius 3 is 2.74 bits per heavy atom. The Morgan fingerprint density at radius 2 is 2.00 bits per heavy atom. The Morgan fingerprint density at radius 1 is 1.19 bits per heavy atom. The van der Waals surface area contributed by atoms with Gasteiger partial charge in [0, 0.05) is 41.8 Å². The molecule has 2 aromatic carbocycles. The molecule has 0 saturated heterocycles. The molecule has 1 aliphatic heterocycles. The van der Waals surface area contributed by atoms with Gasteiger partial charge >= 0.3 is 0 Å². The van der Waals surface area contributed by atoms with Crippen LogP contribution in [0, 0.1) is 0 Å². The van der Waals surface area contributed by atoms with Gasteiger partial charge in [-0.25, -0.2) is 4.98 Å². The first-order chi connectivity index (χ1) is 13.1. The molecular formula is C21H23Cl2N3O. The van der Waals surface area contributed by atoms with Crippen LogP contribution in [-0.4, -0.2) is 29.2 Å². The van der Waals surface area contributed by atoms with Crippen molar-refractivity contribution >= 4 is 39.9 Å². The first kappa shape index (κ1) is 18.6. The zero-order valence-corrected chi connectivity index (χ0v) is 17.1. The van der Waals surface area contributed by atoms with Crippen molar-refractivity contribution in [2.75, 3.05) is 24.6 Å². The number of imidazole rings is 1. The summed E-state index contributed by atoms with van der Waals surface area (Å²) in [5.74, 6) is 0.909. The van der Waals surface area contributed by atoms with Crippen LogP contribution in [0.5, 0.6) is 0 Å². The standard InChI is InChI=1S/C21H23Cl2N3O/c1-3-25(4-2)18-8-5-7-17-19(18)26-11-6-12-27-20(21(26)24-17)15-10-9-14(22)13-16(15)23/h5,7-10,13,20H,3-4,6,11-12H2,1-2H3. The lowest BCUT2D eigenvalue weighted by Gasteiger charge is -2.23. The number of para-hydroxylation sites is 1. The minimum Gasteiger partial charge on any atom is -0.370 e. The molecule has 0 spiro atoms. The van der Waals surface area contributed by atoms with Gasteiger partial charge in [0.25, 0.3) is 0 Å². The molecule has 0 N–H and O–H groups in total. The number of anilines is 1. The summed E-state index contributed by atoms with van der Waals surface area (Å²) < 4.78 is 8.51. The van der Waals surface area contributed by atoms with Crippen molar-refractivity contribution < 1.29 is 4.74 Å². The van der Waals surface area contributed by atoms with Gasteiger partial charge in [-0.15, -0.1) is 0 Å². The van der Waals surface area contributed by atoms with Crippen molar-refractivity contribution in [3.05, 3.63) is 57.8 Å². The average Bonchev–Trinajstić information content (AvgIpc) is 2.91. The number of aryl methyl sites for hydroxylation is 1. The van der Waals surface area contributed by atoms with Crippen molar-refractivity contribution in [1.29, 1.82) is 0 Å². The van der Waals surface area contributed by atoms with E-state index >= 15 is 0 Å². The number of benzene rings is 2. The first-order valence-corrected chi connectivity index (χ1v) is 10.2. The summed E-state index contributed by atoms with van der Waals surface area (Å²) in [6.45, 7) is 7.83. The minimum atomic E-state index is -0.297. The normalized spacial score (nSPS) is 17.0. The van der Waals surface area contributed by atoms with Crippen LogP contribution >= 0.6 is 23.2 Å². The monoisotopic (exact) mass is 403 g/mol. The van der Waals surface area contributed by atoms with E-state index < -0.39 is 0 Å². The number of fused-ring (bicyclic) bond motifs is 3. The Bertz CT molecular complexity index is 965. The van der Waals surface area contributed by atoms with Crippen LogP contribution in [0.3, 0.4) is 0 Å². The molecule has 0 radical (unpaired) electrons. The van der Waals surface area contributed by atoms with Crippen molar-refractivity contribution in [2.45, 2.75) is 32.9 Å². The molecule has 4 nitrogen and oxygen atoms in total. The highest BCUT2D eigenvalue weighted by atomic mass is 35.5. The summed E-state index contributed by atoms with van der Waals surface area (Å²) in [7, 11) is 0. The number of rotatable bonds is 4. The fourth-order valence-electron chi connectivity index (χ4n) is 3.87. The van der Waals surface area contributed by atoms with Crippen LogP contribution in [0.2, 0.25) is 10.0 Å². The van der Waals surface area contributed by atoms with Crippen molar-refractivity contribution in [1.82, 2.24) is 9.55 Å². The molecule has 0 aliphatic carbocycles. The lowest BCUT2D eigenvalue weighted by molar-refractivity contribution is 0.0814. The molecule has 6 heteroatoms. The fraction of sp³-hybridized carbons (Fsp3) is 0.381. The van der Waals surface area contributed by atoms with Crippen LogP contribution in [0.1, 0.15) is 37.8 Å². The molecule has 142 valence electrons. The average molecular weight is 404 g/mol. The van der Waals surface area contributed by atoms with Crippen LogP contribution in [0.25, 0.3) is 11.0 Å². The van der Waals surface area contributed by atoms with Gasteiger partial charge in [0.05, 0.1) is 16.7 Å². The maximum absolute atomic E-state index is 6.50. The quantitative estimate of drug-likeness (QED) is 0.559. The third-order valence-electron chi connectivity index (χ3n) is 5.17. The van der Waals surface area contributed by atoms with E-state index in [1.165, 1.54) is 11.2 Å². The Hall–Kier alpha value is -1.75. The van der Waals surface area contributed by atoms with E-state index in [1.807, 2.05) is 12.1 Å². The summed E-state index contributed by atoms with van der Waals surface area (Å²) >= 11 is 12.6. The van der Waals surface area contributed by atoms with Crippen LogP contribution in [0.4, 0.5) is 5.69 Å². The first-order valence-electron chi connectivity index (χ1n) is 9.44. The van der Waals surface area contributed by atoms with Gasteiger partial charge in [-0.05, 0) is 44.5 Å². The minimum absolute atomic E-state index is 0.297. The molecule has 0 bridgehead atoms. The summed E-state index contributed by atoms with van der Waals surface area (Å²) in [5.41, 5.74) is 4.30. The molecule has 2 heterocycles. The van der Waals surface area contributed by atoms with E-state index in [0.29, 0.717) is 16.7 Å². The largest absolute Gasteiger partial charge is 0.370 e. The van der Waals surface area contributed by atoms with Gasteiger partial charge in [-0.1, -0.05) is 35.3 Å². The maximum Gasteiger partial charge on any atom is 0.143 e. The molecule has 0 saturated carbocycles. The van der Waals surface area contributed by atoms with Crippen LogP contribution < -0.4 is 4.90 Å². The highest BCUT2D eigenvalue weighted by Crippen LogP contribution is 2.38. The number of aromatic nitrogens is 2. The number of ether oxygens (including phenoxy) is 1. The molecule has 1 aromatic heterocycles. The highest BCUT2D eigenvalue weighted by molar-refractivity contribution is 6.35.